The third-order valence-corrected chi connectivity index (χ3v) is 6.77. The van der Waals surface area contributed by atoms with Gasteiger partial charge in [-0.25, -0.2) is 17.2 Å². The normalized spacial score (nSPS) is 13.3. The Bertz CT molecular complexity index is 1250. The minimum absolute atomic E-state index is 0.0171. The summed E-state index contributed by atoms with van der Waals surface area (Å²) >= 11 is 5.93. The van der Waals surface area contributed by atoms with Crippen LogP contribution in [0.15, 0.2) is 65.6 Å². The number of anilines is 2. The van der Waals surface area contributed by atoms with Crippen LogP contribution in [0.5, 0.6) is 5.75 Å². The van der Waals surface area contributed by atoms with E-state index in [-0.39, 0.29) is 40.0 Å². The Morgan fingerprint density at radius 1 is 1.06 bits per heavy atom. The summed E-state index contributed by atoms with van der Waals surface area (Å²) in [4.78, 5) is 12.4. The maximum atomic E-state index is 14.0. The molecule has 3 aromatic rings. The van der Waals surface area contributed by atoms with Crippen LogP contribution in [-0.2, 0) is 10.0 Å². The number of rotatable bonds is 4. The fourth-order valence-electron chi connectivity index (χ4n) is 3.16. The Morgan fingerprint density at radius 2 is 1.81 bits per heavy atom. The van der Waals surface area contributed by atoms with Crippen molar-refractivity contribution in [3.8, 4) is 5.75 Å². The molecule has 0 saturated heterocycles. The van der Waals surface area contributed by atoms with E-state index in [1.807, 2.05) is 0 Å². The maximum Gasteiger partial charge on any atom is 0.264 e. The molecule has 1 amide bonds. The number of carbonyl (C=O) groups is 1. The Morgan fingerprint density at radius 3 is 2.52 bits per heavy atom. The molecule has 0 saturated carbocycles. The van der Waals surface area contributed by atoms with E-state index in [4.69, 9.17) is 16.3 Å². The van der Waals surface area contributed by atoms with Gasteiger partial charge in [0.25, 0.3) is 15.9 Å². The van der Waals surface area contributed by atoms with Gasteiger partial charge >= 0.3 is 0 Å². The van der Waals surface area contributed by atoms with Gasteiger partial charge in [0, 0.05) is 5.69 Å². The molecule has 1 aliphatic rings. The van der Waals surface area contributed by atoms with Crippen LogP contribution in [0.25, 0.3) is 0 Å². The average Bonchev–Trinajstić information content (AvgIpc) is 2.73. The van der Waals surface area contributed by atoms with Gasteiger partial charge in [-0.3, -0.25) is 9.10 Å². The summed E-state index contributed by atoms with van der Waals surface area (Å²) in [5, 5.41) is 2.46. The van der Waals surface area contributed by atoms with E-state index in [0.29, 0.717) is 5.75 Å². The van der Waals surface area contributed by atoms with Crippen molar-refractivity contribution in [1.29, 1.82) is 0 Å². The number of halogens is 3. The number of hydrogen-bond donors (Lipinski definition) is 1. The molecule has 0 atom stereocenters. The molecule has 4 rings (SSSR count). The molecule has 0 spiro atoms. The molecule has 0 unspecified atom stereocenters. The molecule has 3 aromatic carbocycles. The molecule has 1 N–H and O–H groups in total. The van der Waals surface area contributed by atoms with Crippen molar-refractivity contribution in [2.75, 3.05) is 22.8 Å². The number of benzene rings is 3. The molecule has 0 bridgehead atoms. The third-order valence-electron chi connectivity index (χ3n) is 4.63. The van der Waals surface area contributed by atoms with Gasteiger partial charge in [0.1, 0.15) is 24.0 Å². The maximum absolute atomic E-state index is 14.0. The lowest BCUT2D eigenvalue weighted by atomic mass is 10.2. The van der Waals surface area contributed by atoms with Crippen LogP contribution < -0.4 is 14.4 Å². The summed E-state index contributed by atoms with van der Waals surface area (Å²) in [6.07, 6.45) is 0. The standard InChI is InChI=1S/C21H15ClF2N2O4S/c22-16-2-1-3-17(24)20(16)21(27)25-14-6-9-19-18(12-14)26(10-11-30-19)31(28,29)15-7-4-13(23)5-8-15/h1-9,12H,10-11H2,(H,25,27). The summed E-state index contributed by atoms with van der Waals surface area (Å²) in [7, 11) is -4.01. The van der Waals surface area contributed by atoms with Gasteiger partial charge in [0.05, 0.1) is 27.7 Å². The molecular weight excluding hydrogens is 450 g/mol. The number of hydrogen-bond acceptors (Lipinski definition) is 4. The topological polar surface area (TPSA) is 75.7 Å². The first-order valence-corrected chi connectivity index (χ1v) is 10.9. The van der Waals surface area contributed by atoms with Gasteiger partial charge in [0.15, 0.2) is 0 Å². The number of carbonyl (C=O) groups excluding carboxylic acids is 1. The lowest BCUT2D eigenvalue weighted by Gasteiger charge is -2.30. The molecule has 1 heterocycles. The van der Waals surface area contributed by atoms with E-state index >= 15 is 0 Å². The summed E-state index contributed by atoms with van der Waals surface area (Å²) in [6, 6.07) is 12.7. The highest BCUT2D eigenvalue weighted by Gasteiger charge is 2.30. The van der Waals surface area contributed by atoms with Crippen molar-refractivity contribution >= 4 is 38.9 Å². The fourth-order valence-corrected chi connectivity index (χ4v) is 4.86. The summed E-state index contributed by atoms with van der Waals surface area (Å²) in [5.74, 6) is -1.84. The number of ether oxygens (including phenoxy) is 1. The zero-order valence-corrected chi connectivity index (χ0v) is 17.4. The monoisotopic (exact) mass is 464 g/mol. The van der Waals surface area contributed by atoms with Crippen molar-refractivity contribution in [3.05, 3.63) is 82.9 Å². The van der Waals surface area contributed by atoms with Crippen molar-refractivity contribution in [1.82, 2.24) is 0 Å². The van der Waals surface area contributed by atoms with E-state index in [2.05, 4.69) is 5.32 Å². The summed E-state index contributed by atoms with van der Waals surface area (Å²) < 4.78 is 60.1. The van der Waals surface area contributed by atoms with Crippen LogP contribution in [0.2, 0.25) is 5.02 Å². The Labute approximate surface area is 182 Å². The molecule has 1 aliphatic heterocycles. The second-order valence-corrected chi connectivity index (χ2v) is 8.88. The van der Waals surface area contributed by atoms with Crippen LogP contribution >= 0.6 is 11.6 Å². The lowest BCUT2D eigenvalue weighted by molar-refractivity contribution is 0.102. The van der Waals surface area contributed by atoms with Gasteiger partial charge in [-0.15, -0.1) is 0 Å². The molecule has 0 aliphatic carbocycles. The zero-order valence-electron chi connectivity index (χ0n) is 15.8. The molecule has 6 nitrogen and oxygen atoms in total. The van der Waals surface area contributed by atoms with Gasteiger partial charge < -0.3 is 10.1 Å². The van der Waals surface area contributed by atoms with Crippen LogP contribution in [0.4, 0.5) is 20.2 Å². The smallest absolute Gasteiger partial charge is 0.264 e. The number of nitrogens with zero attached hydrogens (tertiary/aromatic N) is 1. The molecule has 0 aromatic heterocycles. The highest BCUT2D eigenvalue weighted by molar-refractivity contribution is 7.92. The summed E-state index contributed by atoms with van der Waals surface area (Å²) in [6.45, 7) is 0.132. The first-order valence-electron chi connectivity index (χ1n) is 9.08. The molecular formula is C21H15ClF2N2O4S. The quantitative estimate of drug-likeness (QED) is 0.618. The highest BCUT2D eigenvalue weighted by Crippen LogP contribution is 2.37. The Balaban J connectivity index is 1.68. The van der Waals surface area contributed by atoms with Gasteiger partial charge in [-0.1, -0.05) is 17.7 Å². The zero-order chi connectivity index (χ0) is 22.2. The summed E-state index contributed by atoms with van der Waals surface area (Å²) in [5.41, 5.74) is 0.0785. The molecule has 10 heteroatoms. The average molecular weight is 465 g/mol. The van der Waals surface area contributed by atoms with Crippen LogP contribution in [0, 0.1) is 11.6 Å². The second-order valence-electron chi connectivity index (χ2n) is 6.61. The number of nitrogens with one attached hydrogen (secondary N) is 1. The van der Waals surface area contributed by atoms with Gasteiger partial charge in [-0.2, -0.15) is 0 Å². The van der Waals surface area contributed by atoms with E-state index in [9.17, 15) is 22.0 Å². The number of amides is 1. The van der Waals surface area contributed by atoms with Gasteiger partial charge in [-0.05, 0) is 54.6 Å². The lowest BCUT2D eigenvalue weighted by Crippen LogP contribution is -2.38. The second kappa shape index (κ2) is 8.16. The predicted octanol–water partition coefficient (Wildman–Crippen LogP) is 4.46. The van der Waals surface area contributed by atoms with E-state index < -0.39 is 27.6 Å². The highest BCUT2D eigenvalue weighted by atomic mass is 35.5. The van der Waals surface area contributed by atoms with Crippen molar-refractivity contribution < 1.29 is 26.7 Å². The number of sulfonamides is 1. The van der Waals surface area contributed by atoms with Crippen LogP contribution in [0.3, 0.4) is 0 Å². The molecule has 31 heavy (non-hydrogen) atoms. The minimum atomic E-state index is -4.01. The molecule has 0 radical (unpaired) electrons. The Kier molecular flexibility index (Phi) is 5.55. The SMILES string of the molecule is O=C(Nc1ccc2c(c1)N(S(=O)(=O)c1ccc(F)cc1)CCO2)c1c(F)cccc1Cl. The third kappa shape index (κ3) is 4.06. The van der Waals surface area contributed by atoms with Crippen LogP contribution in [0.1, 0.15) is 10.4 Å². The fraction of sp³-hybridized carbons (Fsp3) is 0.0952. The van der Waals surface area contributed by atoms with E-state index in [1.165, 1.54) is 42.5 Å². The molecule has 160 valence electrons. The number of fused-ring (bicyclic) bond motifs is 1. The van der Waals surface area contributed by atoms with E-state index in [0.717, 1.165) is 22.5 Å². The van der Waals surface area contributed by atoms with E-state index in [1.54, 1.807) is 0 Å². The van der Waals surface area contributed by atoms with Crippen LogP contribution in [-0.4, -0.2) is 27.5 Å². The van der Waals surface area contributed by atoms with Gasteiger partial charge in [0.2, 0.25) is 0 Å². The molecule has 0 fully saturated rings. The Hall–Kier alpha value is -3.17. The first-order chi connectivity index (χ1) is 14.8. The van der Waals surface area contributed by atoms with Crippen molar-refractivity contribution in [2.24, 2.45) is 0 Å². The first kappa shape index (κ1) is 21.1. The van der Waals surface area contributed by atoms with Crippen molar-refractivity contribution in [3.63, 3.8) is 0 Å². The van der Waals surface area contributed by atoms with Crippen molar-refractivity contribution in [2.45, 2.75) is 4.90 Å². The predicted molar refractivity (Wildman–Crippen MR) is 112 cm³/mol. The minimum Gasteiger partial charge on any atom is -0.489 e. The largest absolute Gasteiger partial charge is 0.489 e.